The molecule has 0 fully saturated rings. The Bertz CT molecular complexity index is 974. The zero-order valence-electron chi connectivity index (χ0n) is 14.9. The van der Waals surface area contributed by atoms with Gasteiger partial charge in [-0.05, 0) is 44.5 Å². The fourth-order valence-corrected chi connectivity index (χ4v) is 2.72. The molecule has 1 amide bonds. The Morgan fingerprint density at radius 2 is 1.92 bits per heavy atom. The van der Waals surface area contributed by atoms with Gasteiger partial charge in [-0.15, -0.1) is 0 Å². The Labute approximate surface area is 150 Å². The minimum absolute atomic E-state index is 0.188. The van der Waals surface area contributed by atoms with Crippen LogP contribution in [0.3, 0.4) is 0 Å². The maximum atomic E-state index is 12.5. The first-order chi connectivity index (χ1) is 12.4. The van der Waals surface area contributed by atoms with Crippen LogP contribution in [0.4, 0.5) is 0 Å². The lowest BCUT2D eigenvalue weighted by Gasteiger charge is -2.10. The Hall–Kier alpha value is -3.22. The number of hydrogen-bond donors (Lipinski definition) is 2. The van der Waals surface area contributed by atoms with Gasteiger partial charge in [-0.1, -0.05) is 12.1 Å². The molecule has 7 heteroatoms. The summed E-state index contributed by atoms with van der Waals surface area (Å²) >= 11 is 0. The second-order valence-electron chi connectivity index (χ2n) is 6.40. The third kappa shape index (κ3) is 3.42. The second kappa shape index (κ2) is 6.95. The molecule has 2 N–H and O–H groups in total. The monoisotopic (exact) mass is 352 g/mol. The van der Waals surface area contributed by atoms with Crippen LogP contribution in [0.5, 0.6) is 0 Å². The van der Waals surface area contributed by atoms with E-state index < -0.39 is 5.97 Å². The number of aryl methyl sites for hydroxylation is 1. The van der Waals surface area contributed by atoms with Crippen LogP contribution in [-0.2, 0) is 6.54 Å². The number of benzene rings is 1. The van der Waals surface area contributed by atoms with E-state index in [1.54, 1.807) is 31.3 Å². The molecule has 2 heterocycles. The smallest absolute Gasteiger partial charge is 0.335 e. The van der Waals surface area contributed by atoms with Crippen LogP contribution in [0, 0.1) is 6.92 Å². The van der Waals surface area contributed by atoms with Crippen molar-refractivity contribution in [2.45, 2.75) is 33.4 Å². The number of rotatable bonds is 5. The third-order valence-corrected chi connectivity index (χ3v) is 4.15. The number of aromatic carboxylic acids is 1. The summed E-state index contributed by atoms with van der Waals surface area (Å²) < 4.78 is 1.83. The molecule has 0 aliphatic heterocycles. The van der Waals surface area contributed by atoms with Gasteiger partial charge in [0.1, 0.15) is 0 Å². The summed E-state index contributed by atoms with van der Waals surface area (Å²) in [5.74, 6) is -1.20. The number of carboxylic acid groups (broad SMARTS) is 1. The van der Waals surface area contributed by atoms with E-state index in [0.29, 0.717) is 17.8 Å². The van der Waals surface area contributed by atoms with Crippen molar-refractivity contribution in [1.29, 1.82) is 0 Å². The SMILES string of the molecule is Cc1nc2c(cnn2C(C)C)cc1C(=O)NCc1ccc(C(=O)O)cc1. The topological polar surface area (TPSA) is 97.1 Å². The van der Waals surface area contributed by atoms with Gasteiger partial charge in [-0.3, -0.25) is 4.79 Å². The third-order valence-electron chi connectivity index (χ3n) is 4.15. The van der Waals surface area contributed by atoms with Crippen LogP contribution in [0.1, 0.15) is 51.9 Å². The van der Waals surface area contributed by atoms with Gasteiger partial charge in [0.15, 0.2) is 5.65 Å². The first-order valence-corrected chi connectivity index (χ1v) is 8.32. The van der Waals surface area contributed by atoms with Crippen molar-refractivity contribution in [3.63, 3.8) is 0 Å². The maximum Gasteiger partial charge on any atom is 0.335 e. The molecule has 3 rings (SSSR count). The van der Waals surface area contributed by atoms with Gasteiger partial charge in [0.2, 0.25) is 0 Å². The summed E-state index contributed by atoms with van der Waals surface area (Å²) in [5.41, 5.74) is 2.94. The molecule has 0 bridgehead atoms. The van der Waals surface area contributed by atoms with E-state index in [9.17, 15) is 9.59 Å². The predicted octanol–water partition coefficient (Wildman–Crippen LogP) is 2.95. The highest BCUT2D eigenvalue weighted by molar-refractivity contribution is 5.98. The Kier molecular flexibility index (Phi) is 4.71. The molecule has 1 aromatic carbocycles. The fourth-order valence-electron chi connectivity index (χ4n) is 2.72. The van der Waals surface area contributed by atoms with Crippen molar-refractivity contribution >= 4 is 22.9 Å². The van der Waals surface area contributed by atoms with Crippen molar-refractivity contribution in [1.82, 2.24) is 20.1 Å². The number of carboxylic acids is 1. The van der Waals surface area contributed by atoms with Gasteiger partial charge >= 0.3 is 5.97 Å². The average Bonchev–Trinajstić information content (AvgIpc) is 3.02. The number of carbonyl (C=O) groups is 2. The lowest BCUT2D eigenvalue weighted by atomic mass is 10.1. The first kappa shape index (κ1) is 17.6. The lowest BCUT2D eigenvalue weighted by molar-refractivity contribution is 0.0696. The number of pyridine rings is 1. The van der Waals surface area contributed by atoms with E-state index in [4.69, 9.17) is 5.11 Å². The van der Waals surface area contributed by atoms with E-state index in [0.717, 1.165) is 16.6 Å². The number of aromatic nitrogens is 3. The number of nitrogens with one attached hydrogen (secondary N) is 1. The number of carbonyl (C=O) groups excluding carboxylic acids is 1. The predicted molar refractivity (Wildman–Crippen MR) is 97.2 cm³/mol. The summed E-state index contributed by atoms with van der Waals surface area (Å²) in [6.07, 6.45) is 1.71. The highest BCUT2D eigenvalue weighted by Crippen LogP contribution is 2.19. The zero-order valence-corrected chi connectivity index (χ0v) is 14.9. The molecule has 3 aromatic rings. The summed E-state index contributed by atoms with van der Waals surface area (Å²) in [4.78, 5) is 27.9. The summed E-state index contributed by atoms with van der Waals surface area (Å²) in [7, 11) is 0. The molecule has 0 spiro atoms. The van der Waals surface area contributed by atoms with Crippen molar-refractivity contribution < 1.29 is 14.7 Å². The van der Waals surface area contributed by atoms with Crippen LogP contribution in [-0.4, -0.2) is 31.7 Å². The molecule has 0 aliphatic carbocycles. The van der Waals surface area contributed by atoms with Gasteiger partial charge in [0, 0.05) is 18.0 Å². The molecule has 0 atom stereocenters. The summed E-state index contributed by atoms with van der Waals surface area (Å²) in [5, 5.41) is 16.9. The molecule has 0 radical (unpaired) electrons. The number of nitrogens with zero attached hydrogens (tertiary/aromatic N) is 3. The van der Waals surface area contributed by atoms with Crippen molar-refractivity contribution in [2.75, 3.05) is 0 Å². The highest BCUT2D eigenvalue weighted by atomic mass is 16.4. The zero-order chi connectivity index (χ0) is 18.8. The average molecular weight is 352 g/mol. The largest absolute Gasteiger partial charge is 0.478 e. The van der Waals surface area contributed by atoms with E-state index >= 15 is 0 Å². The van der Waals surface area contributed by atoms with Crippen LogP contribution in [0.25, 0.3) is 11.0 Å². The van der Waals surface area contributed by atoms with Crippen molar-refractivity contribution in [2.24, 2.45) is 0 Å². The standard InChI is InChI=1S/C19H20N4O3/c1-11(2)23-17-15(10-21-23)8-16(12(3)22-17)18(24)20-9-13-4-6-14(7-5-13)19(25)26/h4-8,10-11H,9H2,1-3H3,(H,20,24)(H,25,26). The molecular weight excluding hydrogens is 332 g/mol. The minimum atomic E-state index is -0.975. The number of hydrogen-bond acceptors (Lipinski definition) is 4. The summed E-state index contributed by atoms with van der Waals surface area (Å²) in [6, 6.07) is 8.39. The quantitative estimate of drug-likeness (QED) is 0.736. The van der Waals surface area contributed by atoms with Gasteiger partial charge in [-0.2, -0.15) is 5.10 Å². The number of amides is 1. The Balaban J connectivity index is 1.77. The second-order valence-corrected chi connectivity index (χ2v) is 6.40. The van der Waals surface area contributed by atoms with E-state index in [2.05, 4.69) is 15.4 Å². The molecule has 7 nitrogen and oxygen atoms in total. The Morgan fingerprint density at radius 1 is 1.23 bits per heavy atom. The maximum absolute atomic E-state index is 12.5. The molecule has 26 heavy (non-hydrogen) atoms. The van der Waals surface area contributed by atoms with Crippen LogP contribution < -0.4 is 5.32 Å². The minimum Gasteiger partial charge on any atom is -0.478 e. The molecular formula is C19H20N4O3. The van der Waals surface area contributed by atoms with Crippen LogP contribution in [0.2, 0.25) is 0 Å². The molecule has 0 saturated heterocycles. The molecule has 0 aliphatic rings. The van der Waals surface area contributed by atoms with Gasteiger partial charge in [-0.25, -0.2) is 14.5 Å². The lowest BCUT2D eigenvalue weighted by Crippen LogP contribution is -2.24. The van der Waals surface area contributed by atoms with E-state index in [1.165, 1.54) is 12.1 Å². The molecule has 0 unspecified atom stereocenters. The van der Waals surface area contributed by atoms with E-state index in [-0.39, 0.29) is 17.5 Å². The van der Waals surface area contributed by atoms with Gasteiger partial charge < -0.3 is 10.4 Å². The van der Waals surface area contributed by atoms with Crippen LogP contribution in [0.15, 0.2) is 36.5 Å². The van der Waals surface area contributed by atoms with E-state index in [1.807, 2.05) is 18.5 Å². The van der Waals surface area contributed by atoms with Gasteiger partial charge in [0.25, 0.3) is 5.91 Å². The molecule has 134 valence electrons. The van der Waals surface area contributed by atoms with Crippen molar-refractivity contribution in [3.8, 4) is 0 Å². The van der Waals surface area contributed by atoms with Crippen LogP contribution >= 0.6 is 0 Å². The Morgan fingerprint density at radius 3 is 2.54 bits per heavy atom. The molecule has 2 aromatic heterocycles. The van der Waals surface area contributed by atoms with Crippen molar-refractivity contribution in [3.05, 3.63) is 58.9 Å². The van der Waals surface area contributed by atoms with Gasteiger partial charge in [0.05, 0.1) is 23.0 Å². The first-order valence-electron chi connectivity index (χ1n) is 8.32. The molecule has 0 saturated carbocycles. The normalized spacial score (nSPS) is 11.1. The summed E-state index contributed by atoms with van der Waals surface area (Å²) in [6.45, 7) is 6.16. The fraction of sp³-hybridized carbons (Fsp3) is 0.263. The number of fused-ring (bicyclic) bond motifs is 1. The highest BCUT2D eigenvalue weighted by Gasteiger charge is 2.15.